The lowest BCUT2D eigenvalue weighted by Crippen LogP contribution is -2.39. The standard InChI is InChI=1S/C26H27FN2O4/c27-23-12-5-4-11-21(23)19-33-22-16-28(14-6-10-20-8-2-1-3-9-20)25(30)18-29(17-22)26(31)24-13-7-15-32-24/h1-5,7-9,11-13,15,22H,6,10,14,16-19H2. The molecular weight excluding hydrogens is 423 g/mol. The maximum Gasteiger partial charge on any atom is 0.290 e. The summed E-state index contributed by atoms with van der Waals surface area (Å²) in [5.74, 6) is -0.669. The third-order valence-corrected chi connectivity index (χ3v) is 5.71. The van der Waals surface area contributed by atoms with Gasteiger partial charge in [0.05, 0.1) is 19.0 Å². The number of amides is 2. The van der Waals surface area contributed by atoms with E-state index in [1.54, 1.807) is 35.2 Å². The van der Waals surface area contributed by atoms with E-state index in [0.717, 1.165) is 12.8 Å². The zero-order valence-corrected chi connectivity index (χ0v) is 18.4. The van der Waals surface area contributed by atoms with Gasteiger partial charge in [0, 0.05) is 25.2 Å². The first-order chi connectivity index (χ1) is 16.1. The van der Waals surface area contributed by atoms with Crippen molar-refractivity contribution in [3.63, 3.8) is 0 Å². The summed E-state index contributed by atoms with van der Waals surface area (Å²) >= 11 is 0. The lowest BCUT2D eigenvalue weighted by molar-refractivity contribution is -0.131. The Morgan fingerprint density at radius 1 is 1.03 bits per heavy atom. The summed E-state index contributed by atoms with van der Waals surface area (Å²) in [4.78, 5) is 29.1. The van der Waals surface area contributed by atoms with Crippen molar-refractivity contribution in [3.8, 4) is 0 Å². The fourth-order valence-electron chi connectivity index (χ4n) is 3.95. The second kappa shape index (κ2) is 10.9. The fraction of sp³-hybridized carbons (Fsp3) is 0.308. The molecule has 2 heterocycles. The number of ether oxygens (including phenoxy) is 1. The Morgan fingerprint density at radius 2 is 1.82 bits per heavy atom. The van der Waals surface area contributed by atoms with Crippen molar-refractivity contribution in [1.29, 1.82) is 0 Å². The summed E-state index contributed by atoms with van der Waals surface area (Å²) < 4.78 is 25.3. The molecule has 0 aliphatic carbocycles. The Morgan fingerprint density at radius 3 is 2.58 bits per heavy atom. The highest BCUT2D eigenvalue weighted by atomic mass is 19.1. The molecule has 33 heavy (non-hydrogen) atoms. The molecule has 2 aromatic carbocycles. The molecule has 4 rings (SSSR count). The number of furan rings is 1. The predicted octanol–water partition coefficient (Wildman–Crippen LogP) is 3.92. The number of halogens is 1. The van der Waals surface area contributed by atoms with E-state index in [0.29, 0.717) is 18.7 Å². The summed E-state index contributed by atoms with van der Waals surface area (Å²) in [5, 5.41) is 0. The first-order valence-electron chi connectivity index (χ1n) is 11.1. The van der Waals surface area contributed by atoms with Crippen LogP contribution in [-0.2, 0) is 22.6 Å². The number of aryl methyl sites for hydroxylation is 1. The van der Waals surface area contributed by atoms with Crippen LogP contribution in [-0.4, -0.2) is 53.9 Å². The molecule has 1 saturated heterocycles. The largest absolute Gasteiger partial charge is 0.459 e. The van der Waals surface area contributed by atoms with Crippen LogP contribution in [0.4, 0.5) is 4.39 Å². The van der Waals surface area contributed by atoms with Gasteiger partial charge in [-0.25, -0.2) is 4.39 Å². The minimum atomic E-state index is -0.452. The number of hydrogen-bond donors (Lipinski definition) is 0. The lowest BCUT2D eigenvalue weighted by Gasteiger charge is -2.25. The minimum Gasteiger partial charge on any atom is -0.459 e. The molecule has 1 unspecified atom stereocenters. The topological polar surface area (TPSA) is 63.0 Å². The monoisotopic (exact) mass is 450 g/mol. The van der Waals surface area contributed by atoms with E-state index in [9.17, 15) is 14.0 Å². The Bertz CT molecular complexity index is 1060. The molecule has 1 fully saturated rings. The van der Waals surface area contributed by atoms with Gasteiger partial charge in [0.25, 0.3) is 5.91 Å². The first-order valence-corrected chi connectivity index (χ1v) is 11.1. The van der Waals surface area contributed by atoms with Gasteiger partial charge in [-0.2, -0.15) is 0 Å². The summed E-state index contributed by atoms with van der Waals surface area (Å²) in [5.41, 5.74) is 1.65. The molecule has 0 spiro atoms. The molecule has 0 saturated carbocycles. The number of carbonyl (C=O) groups excluding carboxylic acids is 2. The van der Waals surface area contributed by atoms with Crippen molar-refractivity contribution < 1.29 is 23.1 Å². The van der Waals surface area contributed by atoms with Gasteiger partial charge < -0.3 is 19.0 Å². The fourth-order valence-corrected chi connectivity index (χ4v) is 3.95. The van der Waals surface area contributed by atoms with E-state index >= 15 is 0 Å². The van der Waals surface area contributed by atoms with Crippen molar-refractivity contribution in [3.05, 3.63) is 95.7 Å². The van der Waals surface area contributed by atoms with E-state index in [4.69, 9.17) is 9.15 Å². The second-order valence-corrected chi connectivity index (χ2v) is 8.12. The number of hydrogen-bond acceptors (Lipinski definition) is 4. The van der Waals surface area contributed by atoms with Crippen LogP contribution in [0, 0.1) is 5.82 Å². The summed E-state index contributed by atoms with van der Waals surface area (Å²) in [6.45, 7) is 1.12. The highest BCUT2D eigenvalue weighted by Crippen LogP contribution is 2.16. The molecule has 172 valence electrons. The van der Waals surface area contributed by atoms with Gasteiger partial charge in [-0.15, -0.1) is 0 Å². The van der Waals surface area contributed by atoms with Crippen molar-refractivity contribution in [2.75, 3.05) is 26.2 Å². The average molecular weight is 451 g/mol. The summed E-state index contributed by atoms with van der Waals surface area (Å²) in [6, 6.07) is 19.7. The zero-order chi connectivity index (χ0) is 23.0. The molecule has 2 amide bonds. The third kappa shape index (κ3) is 6.08. The van der Waals surface area contributed by atoms with Gasteiger partial charge in [0.1, 0.15) is 12.4 Å². The second-order valence-electron chi connectivity index (χ2n) is 8.12. The molecule has 7 heteroatoms. The summed E-state index contributed by atoms with van der Waals surface area (Å²) in [7, 11) is 0. The molecule has 3 aromatic rings. The van der Waals surface area contributed by atoms with Crippen molar-refractivity contribution in [2.45, 2.75) is 25.6 Å². The Balaban J connectivity index is 1.45. The lowest BCUT2D eigenvalue weighted by atomic mass is 10.1. The van der Waals surface area contributed by atoms with E-state index in [2.05, 4.69) is 12.1 Å². The van der Waals surface area contributed by atoms with Gasteiger partial charge in [-0.1, -0.05) is 48.5 Å². The summed E-state index contributed by atoms with van der Waals surface area (Å²) in [6.07, 6.45) is 2.61. The van der Waals surface area contributed by atoms with Crippen LogP contribution < -0.4 is 0 Å². The van der Waals surface area contributed by atoms with Crippen LogP contribution in [0.5, 0.6) is 0 Å². The van der Waals surface area contributed by atoms with Crippen LogP contribution in [0.25, 0.3) is 0 Å². The quantitative estimate of drug-likeness (QED) is 0.522. The van der Waals surface area contributed by atoms with Crippen molar-refractivity contribution in [1.82, 2.24) is 9.80 Å². The normalized spacial score (nSPS) is 16.6. The highest BCUT2D eigenvalue weighted by Gasteiger charge is 2.32. The first kappa shape index (κ1) is 22.7. The van der Waals surface area contributed by atoms with Gasteiger partial charge in [-0.3, -0.25) is 9.59 Å². The molecule has 1 aliphatic heterocycles. The maximum absolute atomic E-state index is 14.1. The van der Waals surface area contributed by atoms with Crippen molar-refractivity contribution in [2.24, 2.45) is 0 Å². The molecule has 6 nitrogen and oxygen atoms in total. The predicted molar refractivity (Wildman–Crippen MR) is 121 cm³/mol. The van der Waals surface area contributed by atoms with Gasteiger partial charge in [0.15, 0.2) is 5.76 Å². The molecule has 0 N–H and O–H groups in total. The Labute approximate surface area is 192 Å². The van der Waals surface area contributed by atoms with Crippen molar-refractivity contribution >= 4 is 11.8 Å². The Hall–Kier alpha value is -3.45. The van der Waals surface area contributed by atoms with Gasteiger partial charge in [-0.05, 0) is 36.6 Å². The smallest absolute Gasteiger partial charge is 0.290 e. The van der Waals surface area contributed by atoms with E-state index in [-0.39, 0.29) is 43.1 Å². The average Bonchev–Trinajstić information content (AvgIpc) is 3.32. The molecule has 0 radical (unpaired) electrons. The molecular formula is C26H27FN2O4. The number of carbonyl (C=O) groups is 2. The highest BCUT2D eigenvalue weighted by molar-refractivity contribution is 5.94. The molecule has 1 aromatic heterocycles. The van der Waals surface area contributed by atoms with Crippen LogP contribution in [0.2, 0.25) is 0 Å². The number of nitrogens with zero attached hydrogens (tertiary/aromatic N) is 2. The molecule has 1 atom stereocenters. The minimum absolute atomic E-state index is 0.0512. The van der Waals surface area contributed by atoms with E-state index < -0.39 is 6.10 Å². The SMILES string of the molecule is O=C1CN(C(=O)c2ccco2)CC(OCc2ccccc2F)CN1CCCc1ccccc1. The van der Waals surface area contributed by atoms with Crippen LogP contribution in [0.3, 0.4) is 0 Å². The third-order valence-electron chi connectivity index (χ3n) is 5.71. The van der Waals surface area contributed by atoms with E-state index in [1.807, 2.05) is 18.2 Å². The zero-order valence-electron chi connectivity index (χ0n) is 18.4. The van der Waals surface area contributed by atoms with E-state index in [1.165, 1.54) is 22.8 Å². The van der Waals surface area contributed by atoms with Crippen LogP contribution in [0.1, 0.15) is 28.1 Å². The Kier molecular flexibility index (Phi) is 7.52. The van der Waals surface area contributed by atoms with Gasteiger partial charge >= 0.3 is 0 Å². The maximum atomic E-state index is 14.1. The van der Waals surface area contributed by atoms with Gasteiger partial charge in [0.2, 0.25) is 5.91 Å². The molecule has 0 bridgehead atoms. The van der Waals surface area contributed by atoms with Crippen LogP contribution in [0.15, 0.2) is 77.4 Å². The molecule has 1 aliphatic rings. The number of benzene rings is 2. The van der Waals surface area contributed by atoms with Crippen LogP contribution >= 0.6 is 0 Å². The number of rotatable bonds is 8.